The van der Waals surface area contributed by atoms with E-state index in [0.717, 1.165) is 11.3 Å². The van der Waals surface area contributed by atoms with E-state index in [0.29, 0.717) is 23.9 Å². The molecule has 1 aliphatic rings. The van der Waals surface area contributed by atoms with Crippen LogP contribution in [0.25, 0.3) is 0 Å². The largest absolute Gasteiger partial charge is 0.394 e. The van der Waals surface area contributed by atoms with Crippen molar-refractivity contribution in [2.45, 2.75) is 5.37 Å². The van der Waals surface area contributed by atoms with Gasteiger partial charge in [-0.3, -0.25) is 4.79 Å². The Morgan fingerprint density at radius 2 is 2.23 bits per heavy atom. The van der Waals surface area contributed by atoms with Gasteiger partial charge in [0.1, 0.15) is 5.37 Å². The smallest absolute Gasteiger partial charge is 0.233 e. The van der Waals surface area contributed by atoms with E-state index in [9.17, 15) is 4.79 Å². The first-order valence-corrected chi connectivity index (χ1v) is 8.53. The standard InChI is InChI=1S/C15H21ClN2O3S/c1-17(2)11-3-4-12(13(16)9-11)15-18(14(20)10-22-15)5-7-21-8-6-19/h3-4,9,15,19H,5-8,10H2,1-2H3. The normalized spacial score (nSPS) is 18.1. The molecule has 1 heterocycles. The number of amides is 1. The van der Waals surface area contributed by atoms with Crippen molar-refractivity contribution >= 4 is 35.0 Å². The molecule has 1 saturated heterocycles. The molecule has 1 amide bonds. The van der Waals surface area contributed by atoms with Crippen molar-refractivity contribution in [3.63, 3.8) is 0 Å². The summed E-state index contributed by atoms with van der Waals surface area (Å²) in [5.41, 5.74) is 1.98. The van der Waals surface area contributed by atoms with Crippen molar-refractivity contribution in [2.75, 3.05) is 51.1 Å². The second-order valence-corrected chi connectivity index (χ2v) is 6.66. The van der Waals surface area contributed by atoms with Crippen LogP contribution in [0.5, 0.6) is 0 Å². The second-order valence-electron chi connectivity index (χ2n) is 5.19. The molecule has 1 N–H and O–H groups in total. The molecule has 1 atom stereocenters. The minimum atomic E-state index is -0.0751. The Kier molecular flexibility index (Phi) is 6.37. The molecule has 22 heavy (non-hydrogen) atoms. The second kappa shape index (κ2) is 8.06. The number of thioether (sulfide) groups is 1. The number of nitrogens with zero attached hydrogens (tertiary/aromatic N) is 2. The van der Waals surface area contributed by atoms with E-state index in [4.69, 9.17) is 21.4 Å². The SMILES string of the molecule is CN(C)c1ccc(C2SCC(=O)N2CCOCCO)c(Cl)c1. The fourth-order valence-electron chi connectivity index (χ4n) is 2.28. The molecule has 5 nitrogen and oxygen atoms in total. The van der Waals surface area contributed by atoms with E-state index in [-0.39, 0.29) is 24.5 Å². The third kappa shape index (κ3) is 4.07. The number of carbonyl (C=O) groups excluding carboxylic acids is 1. The number of hydrogen-bond donors (Lipinski definition) is 1. The zero-order chi connectivity index (χ0) is 16.1. The molecular weight excluding hydrogens is 324 g/mol. The van der Waals surface area contributed by atoms with Gasteiger partial charge in [-0.1, -0.05) is 17.7 Å². The molecule has 0 saturated carbocycles. The van der Waals surface area contributed by atoms with E-state index in [2.05, 4.69) is 0 Å². The summed E-state index contributed by atoms with van der Waals surface area (Å²) in [6, 6.07) is 5.90. The zero-order valence-corrected chi connectivity index (χ0v) is 14.4. The highest BCUT2D eigenvalue weighted by atomic mass is 35.5. The van der Waals surface area contributed by atoms with E-state index in [1.807, 2.05) is 37.2 Å². The Bertz CT molecular complexity index is 528. The summed E-state index contributed by atoms with van der Waals surface area (Å²) < 4.78 is 5.27. The lowest BCUT2D eigenvalue weighted by Crippen LogP contribution is -2.32. The topological polar surface area (TPSA) is 53.0 Å². The molecule has 2 rings (SSSR count). The third-order valence-electron chi connectivity index (χ3n) is 3.45. The predicted octanol–water partition coefficient (Wildman–Crippen LogP) is 1.99. The summed E-state index contributed by atoms with van der Waals surface area (Å²) in [4.78, 5) is 15.8. The van der Waals surface area contributed by atoms with Crippen molar-refractivity contribution in [2.24, 2.45) is 0 Å². The summed E-state index contributed by atoms with van der Waals surface area (Å²) in [6.07, 6.45) is 0. The fourth-order valence-corrected chi connectivity index (χ4v) is 3.87. The van der Waals surface area contributed by atoms with Crippen molar-refractivity contribution in [3.8, 4) is 0 Å². The van der Waals surface area contributed by atoms with Crippen molar-refractivity contribution in [1.82, 2.24) is 4.90 Å². The maximum atomic E-state index is 12.1. The summed E-state index contributed by atoms with van der Waals surface area (Å²) in [6.45, 7) is 1.20. The van der Waals surface area contributed by atoms with Crippen LogP contribution in [0.4, 0.5) is 5.69 Å². The monoisotopic (exact) mass is 344 g/mol. The van der Waals surface area contributed by atoms with Gasteiger partial charge in [0.05, 0.1) is 25.6 Å². The molecular formula is C15H21ClN2O3S. The highest BCUT2D eigenvalue weighted by Gasteiger charge is 2.33. The Hall–Kier alpha value is -0.950. The number of aliphatic hydroxyl groups is 1. The molecule has 7 heteroatoms. The van der Waals surface area contributed by atoms with Crippen LogP contribution in [0.3, 0.4) is 0 Å². The van der Waals surface area contributed by atoms with Gasteiger partial charge in [0.15, 0.2) is 0 Å². The van der Waals surface area contributed by atoms with Crippen LogP contribution >= 0.6 is 23.4 Å². The molecule has 1 aromatic rings. The van der Waals surface area contributed by atoms with Gasteiger partial charge < -0.3 is 19.6 Å². The van der Waals surface area contributed by atoms with Crippen molar-refractivity contribution < 1.29 is 14.6 Å². The number of ether oxygens (including phenoxy) is 1. The van der Waals surface area contributed by atoms with Gasteiger partial charge in [0, 0.05) is 36.9 Å². The minimum absolute atomic E-state index is 0.00997. The summed E-state index contributed by atoms with van der Waals surface area (Å²) in [5.74, 6) is 0.548. The Morgan fingerprint density at radius 1 is 1.45 bits per heavy atom. The van der Waals surface area contributed by atoms with Crippen LogP contribution in [-0.2, 0) is 9.53 Å². The van der Waals surface area contributed by atoms with Gasteiger partial charge in [-0.15, -0.1) is 11.8 Å². The molecule has 122 valence electrons. The Balaban J connectivity index is 2.10. The maximum absolute atomic E-state index is 12.1. The summed E-state index contributed by atoms with van der Waals surface area (Å²) >= 11 is 7.99. The first-order valence-electron chi connectivity index (χ1n) is 7.11. The average Bonchev–Trinajstić information content (AvgIpc) is 2.84. The first kappa shape index (κ1) is 17.4. The number of aliphatic hydroxyl groups excluding tert-OH is 1. The van der Waals surface area contributed by atoms with Gasteiger partial charge in [0.2, 0.25) is 5.91 Å². The fraction of sp³-hybridized carbons (Fsp3) is 0.533. The van der Waals surface area contributed by atoms with Crippen LogP contribution in [0.2, 0.25) is 5.02 Å². The molecule has 0 aliphatic carbocycles. The quantitative estimate of drug-likeness (QED) is 0.767. The third-order valence-corrected chi connectivity index (χ3v) is 5.01. The van der Waals surface area contributed by atoms with Crippen LogP contribution in [0, 0.1) is 0 Å². The van der Waals surface area contributed by atoms with Crippen LogP contribution in [0.15, 0.2) is 18.2 Å². The number of carbonyl (C=O) groups is 1. The van der Waals surface area contributed by atoms with Gasteiger partial charge in [0.25, 0.3) is 0 Å². The van der Waals surface area contributed by atoms with E-state index in [1.165, 1.54) is 0 Å². The summed E-state index contributed by atoms with van der Waals surface area (Å²) in [5, 5.41) is 9.31. The highest BCUT2D eigenvalue weighted by Crippen LogP contribution is 2.42. The molecule has 0 aromatic heterocycles. The first-order chi connectivity index (χ1) is 10.5. The molecule has 0 bridgehead atoms. The molecule has 1 aromatic carbocycles. The van der Waals surface area contributed by atoms with E-state index >= 15 is 0 Å². The van der Waals surface area contributed by atoms with Crippen molar-refractivity contribution in [3.05, 3.63) is 28.8 Å². The number of halogens is 1. The van der Waals surface area contributed by atoms with Crippen molar-refractivity contribution in [1.29, 1.82) is 0 Å². The molecule has 1 unspecified atom stereocenters. The lowest BCUT2D eigenvalue weighted by atomic mass is 10.1. The number of rotatable bonds is 7. The van der Waals surface area contributed by atoms with E-state index < -0.39 is 0 Å². The number of benzene rings is 1. The molecule has 1 aliphatic heterocycles. The molecule has 0 spiro atoms. The number of hydrogen-bond acceptors (Lipinski definition) is 5. The lowest BCUT2D eigenvalue weighted by molar-refractivity contribution is -0.128. The van der Waals surface area contributed by atoms with Gasteiger partial charge in [-0.05, 0) is 12.1 Å². The highest BCUT2D eigenvalue weighted by molar-refractivity contribution is 8.00. The average molecular weight is 345 g/mol. The molecule has 0 radical (unpaired) electrons. The van der Waals surface area contributed by atoms with Crippen LogP contribution in [-0.4, -0.2) is 62.1 Å². The van der Waals surface area contributed by atoms with E-state index in [1.54, 1.807) is 16.7 Å². The minimum Gasteiger partial charge on any atom is -0.394 e. The van der Waals surface area contributed by atoms with Gasteiger partial charge in [-0.2, -0.15) is 0 Å². The van der Waals surface area contributed by atoms with Crippen LogP contribution < -0.4 is 4.90 Å². The summed E-state index contributed by atoms with van der Waals surface area (Å²) in [7, 11) is 3.92. The zero-order valence-electron chi connectivity index (χ0n) is 12.8. The Morgan fingerprint density at radius 3 is 2.86 bits per heavy atom. The van der Waals surface area contributed by atoms with Crippen LogP contribution in [0.1, 0.15) is 10.9 Å². The van der Waals surface area contributed by atoms with Gasteiger partial charge in [-0.25, -0.2) is 0 Å². The maximum Gasteiger partial charge on any atom is 0.233 e. The number of anilines is 1. The Labute approximate surface area is 140 Å². The lowest BCUT2D eigenvalue weighted by Gasteiger charge is -2.25. The molecule has 1 fully saturated rings. The van der Waals surface area contributed by atoms with Gasteiger partial charge >= 0.3 is 0 Å². The predicted molar refractivity (Wildman–Crippen MR) is 90.6 cm³/mol.